The van der Waals surface area contributed by atoms with E-state index in [0.717, 1.165) is 5.56 Å². The lowest BCUT2D eigenvalue weighted by Gasteiger charge is -2.19. The first-order chi connectivity index (χ1) is 7.95. The maximum atomic E-state index is 10.9. The molecular weight excluding hydrogens is 216 g/mol. The molecule has 0 aromatic heterocycles. The quantitative estimate of drug-likeness (QED) is 0.811. The van der Waals surface area contributed by atoms with E-state index < -0.39 is 11.4 Å². The second-order valence-corrected chi connectivity index (χ2v) is 4.60. The number of carboxylic acid groups (broad SMARTS) is 1. The van der Waals surface area contributed by atoms with Crippen molar-refractivity contribution >= 4 is 5.97 Å². The van der Waals surface area contributed by atoms with Gasteiger partial charge in [0.1, 0.15) is 0 Å². The molecule has 2 N–H and O–H groups in total. The highest BCUT2D eigenvalue weighted by Crippen LogP contribution is 2.13. The standard InChI is InChI=1S/C13H16N2O2/c1-13(2,12(16)17)9-15-8-11-5-3-4-10(6-11)7-14/h3-6,15H,8-9H2,1-2H3,(H,16,17). The molecule has 1 rings (SSSR count). The SMILES string of the molecule is CC(C)(CNCc1cccc(C#N)c1)C(=O)O. The van der Waals surface area contributed by atoms with Crippen LogP contribution in [0.4, 0.5) is 0 Å². The molecule has 0 fully saturated rings. The molecule has 0 unspecified atom stereocenters. The summed E-state index contributed by atoms with van der Waals surface area (Å²) in [5.41, 5.74) is 0.805. The van der Waals surface area contributed by atoms with Gasteiger partial charge in [-0.3, -0.25) is 4.79 Å². The number of benzene rings is 1. The Morgan fingerprint density at radius 1 is 1.53 bits per heavy atom. The third kappa shape index (κ3) is 3.89. The molecule has 0 aliphatic carbocycles. The molecule has 1 aromatic carbocycles. The fourth-order valence-electron chi connectivity index (χ4n) is 1.35. The van der Waals surface area contributed by atoms with Gasteiger partial charge >= 0.3 is 5.97 Å². The third-order valence-electron chi connectivity index (χ3n) is 2.53. The maximum Gasteiger partial charge on any atom is 0.310 e. The van der Waals surface area contributed by atoms with Crippen LogP contribution in [0.5, 0.6) is 0 Å². The van der Waals surface area contributed by atoms with Crippen molar-refractivity contribution in [2.45, 2.75) is 20.4 Å². The summed E-state index contributed by atoms with van der Waals surface area (Å²) in [6, 6.07) is 9.33. The topological polar surface area (TPSA) is 73.1 Å². The molecule has 0 heterocycles. The van der Waals surface area contributed by atoms with E-state index in [1.54, 1.807) is 26.0 Å². The Labute approximate surface area is 101 Å². The van der Waals surface area contributed by atoms with Crippen molar-refractivity contribution in [3.8, 4) is 6.07 Å². The number of hydrogen-bond acceptors (Lipinski definition) is 3. The molecule has 4 heteroatoms. The minimum Gasteiger partial charge on any atom is -0.481 e. The fourth-order valence-corrected chi connectivity index (χ4v) is 1.35. The summed E-state index contributed by atoms with van der Waals surface area (Å²) < 4.78 is 0. The van der Waals surface area contributed by atoms with Crippen LogP contribution in [-0.2, 0) is 11.3 Å². The Morgan fingerprint density at radius 2 is 2.24 bits per heavy atom. The van der Waals surface area contributed by atoms with Gasteiger partial charge in [-0.1, -0.05) is 12.1 Å². The number of carbonyl (C=O) groups is 1. The number of nitrogens with one attached hydrogen (secondary N) is 1. The smallest absolute Gasteiger partial charge is 0.310 e. The highest BCUT2D eigenvalue weighted by molar-refractivity contribution is 5.73. The highest BCUT2D eigenvalue weighted by atomic mass is 16.4. The van der Waals surface area contributed by atoms with Crippen molar-refractivity contribution in [3.63, 3.8) is 0 Å². The Balaban J connectivity index is 2.52. The van der Waals surface area contributed by atoms with Crippen LogP contribution < -0.4 is 5.32 Å². The summed E-state index contributed by atoms with van der Waals surface area (Å²) in [7, 11) is 0. The van der Waals surface area contributed by atoms with Crippen molar-refractivity contribution in [1.29, 1.82) is 5.26 Å². The lowest BCUT2D eigenvalue weighted by atomic mass is 9.94. The first-order valence-electron chi connectivity index (χ1n) is 5.39. The van der Waals surface area contributed by atoms with Gasteiger partial charge in [0, 0.05) is 13.1 Å². The Bertz CT molecular complexity index is 447. The number of carboxylic acids is 1. The summed E-state index contributed by atoms with van der Waals surface area (Å²) in [6.07, 6.45) is 0. The van der Waals surface area contributed by atoms with Crippen LogP contribution in [0.25, 0.3) is 0 Å². The van der Waals surface area contributed by atoms with Crippen LogP contribution >= 0.6 is 0 Å². The van der Waals surface area contributed by atoms with Gasteiger partial charge in [0.05, 0.1) is 17.0 Å². The van der Waals surface area contributed by atoms with E-state index in [4.69, 9.17) is 10.4 Å². The predicted molar refractivity (Wildman–Crippen MR) is 64.3 cm³/mol. The molecule has 0 bridgehead atoms. The summed E-state index contributed by atoms with van der Waals surface area (Å²) in [6.45, 7) is 4.30. The number of nitriles is 1. The molecule has 17 heavy (non-hydrogen) atoms. The van der Waals surface area contributed by atoms with E-state index in [1.165, 1.54) is 0 Å². The Kier molecular flexibility index (Phi) is 4.24. The molecule has 0 saturated heterocycles. The van der Waals surface area contributed by atoms with Crippen LogP contribution in [-0.4, -0.2) is 17.6 Å². The molecule has 0 amide bonds. The lowest BCUT2D eigenvalue weighted by molar-refractivity contribution is -0.146. The predicted octanol–water partition coefficient (Wildman–Crippen LogP) is 1.76. The van der Waals surface area contributed by atoms with Crippen LogP contribution in [0.3, 0.4) is 0 Å². The zero-order valence-corrected chi connectivity index (χ0v) is 10.0. The maximum absolute atomic E-state index is 10.9. The van der Waals surface area contributed by atoms with Gasteiger partial charge in [-0.05, 0) is 31.5 Å². The minimum absolute atomic E-state index is 0.388. The van der Waals surface area contributed by atoms with Crippen molar-refractivity contribution < 1.29 is 9.90 Å². The molecule has 0 atom stereocenters. The molecule has 0 saturated carbocycles. The number of hydrogen-bond donors (Lipinski definition) is 2. The fraction of sp³-hybridized carbons (Fsp3) is 0.385. The van der Waals surface area contributed by atoms with Gasteiger partial charge in [0.25, 0.3) is 0 Å². The number of aliphatic carboxylic acids is 1. The molecule has 0 aliphatic heterocycles. The summed E-state index contributed by atoms with van der Waals surface area (Å²) >= 11 is 0. The Morgan fingerprint density at radius 3 is 2.82 bits per heavy atom. The van der Waals surface area contributed by atoms with Gasteiger partial charge < -0.3 is 10.4 Å². The lowest BCUT2D eigenvalue weighted by Crippen LogP contribution is -2.35. The molecule has 90 valence electrons. The molecule has 4 nitrogen and oxygen atoms in total. The van der Waals surface area contributed by atoms with E-state index in [-0.39, 0.29) is 0 Å². The minimum atomic E-state index is -0.823. The summed E-state index contributed by atoms with van der Waals surface area (Å²) in [5.74, 6) is -0.823. The first kappa shape index (κ1) is 13.2. The third-order valence-corrected chi connectivity index (χ3v) is 2.53. The number of nitrogens with zero attached hydrogens (tertiary/aromatic N) is 1. The molecule has 0 radical (unpaired) electrons. The average molecular weight is 232 g/mol. The van der Waals surface area contributed by atoms with E-state index in [2.05, 4.69) is 11.4 Å². The first-order valence-corrected chi connectivity index (χ1v) is 5.39. The molecular formula is C13H16N2O2. The molecule has 0 spiro atoms. The zero-order valence-electron chi connectivity index (χ0n) is 10.0. The van der Waals surface area contributed by atoms with Gasteiger partial charge in [0.15, 0.2) is 0 Å². The van der Waals surface area contributed by atoms with Crippen molar-refractivity contribution in [1.82, 2.24) is 5.32 Å². The summed E-state index contributed by atoms with van der Waals surface area (Å²) in [4.78, 5) is 10.9. The molecule has 1 aromatic rings. The van der Waals surface area contributed by atoms with Gasteiger partial charge in [-0.2, -0.15) is 5.26 Å². The van der Waals surface area contributed by atoms with E-state index in [9.17, 15) is 4.79 Å². The highest BCUT2D eigenvalue weighted by Gasteiger charge is 2.26. The second kappa shape index (κ2) is 5.46. The summed E-state index contributed by atoms with van der Waals surface area (Å²) in [5, 5.41) is 20.8. The van der Waals surface area contributed by atoms with Crippen LogP contribution in [0.15, 0.2) is 24.3 Å². The number of rotatable bonds is 5. The van der Waals surface area contributed by atoms with E-state index >= 15 is 0 Å². The van der Waals surface area contributed by atoms with Crippen LogP contribution in [0.1, 0.15) is 25.0 Å². The average Bonchev–Trinajstić information content (AvgIpc) is 2.29. The monoisotopic (exact) mass is 232 g/mol. The van der Waals surface area contributed by atoms with Crippen molar-refractivity contribution in [3.05, 3.63) is 35.4 Å². The van der Waals surface area contributed by atoms with Crippen molar-refractivity contribution in [2.75, 3.05) is 6.54 Å². The van der Waals surface area contributed by atoms with Gasteiger partial charge in [-0.25, -0.2) is 0 Å². The Hall–Kier alpha value is -1.86. The zero-order chi connectivity index (χ0) is 12.9. The largest absolute Gasteiger partial charge is 0.481 e. The van der Waals surface area contributed by atoms with Crippen LogP contribution in [0.2, 0.25) is 0 Å². The van der Waals surface area contributed by atoms with Gasteiger partial charge in [-0.15, -0.1) is 0 Å². The van der Waals surface area contributed by atoms with E-state index in [1.807, 2.05) is 12.1 Å². The normalized spacial score (nSPS) is 10.9. The second-order valence-electron chi connectivity index (χ2n) is 4.60. The molecule has 0 aliphatic rings. The van der Waals surface area contributed by atoms with E-state index in [0.29, 0.717) is 18.7 Å². The van der Waals surface area contributed by atoms with Crippen LogP contribution in [0, 0.1) is 16.7 Å². The van der Waals surface area contributed by atoms with Gasteiger partial charge in [0.2, 0.25) is 0 Å². The van der Waals surface area contributed by atoms with Crippen molar-refractivity contribution in [2.24, 2.45) is 5.41 Å².